The lowest BCUT2D eigenvalue weighted by Gasteiger charge is -2.03. The minimum absolute atomic E-state index is 0.340. The van der Waals surface area contributed by atoms with Crippen LogP contribution in [0.2, 0.25) is 0 Å². The maximum atomic E-state index is 11.2. The van der Waals surface area contributed by atoms with E-state index in [2.05, 4.69) is 0 Å². The molecular weight excluding hydrogens is 210 g/mol. The van der Waals surface area contributed by atoms with Crippen LogP contribution in [0.3, 0.4) is 0 Å². The fourth-order valence-corrected chi connectivity index (χ4v) is 1.89. The maximum Gasteiger partial charge on any atom is 0.175 e. The predicted octanol–water partition coefficient (Wildman–Crippen LogP) is 1.45. The smallest absolute Gasteiger partial charge is 0.175 e. The number of allylic oxidation sites excluding steroid dienone is 1. The largest absolute Gasteiger partial charge is 0.327 e. The van der Waals surface area contributed by atoms with Gasteiger partial charge in [-0.2, -0.15) is 0 Å². The van der Waals surface area contributed by atoms with Gasteiger partial charge in [-0.05, 0) is 30.2 Å². The number of hydrogen-bond acceptors (Lipinski definition) is 3. The van der Waals surface area contributed by atoms with E-state index in [1.165, 1.54) is 6.26 Å². The highest BCUT2D eigenvalue weighted by Crippen LogP contribution is 2.16. The molecule has 1 rings (SSSR count). The standard InChI is InChI=1S/C11H15NO2S/c1-9(7-8-12)10-3-5-11(6-4-10)15(2,13)14/h3-7H,8,12H2,1-2H3. The van der Waals surface area contributed by atoms with E-state index in [4.69, 9.17) is 5.73 Å². The molecule has 3 nitrogen and oxygen atoms in total. The van der Waals surface area contributed by atoms with E-state index in [1.807, 2.05) is 13.0 Å². The molecule has 0 aromatic heterocycles. The number of hydrogen-bond donors (Lipinski definition) is 1. The lowest BCUT2D eigenvalue weighted by Crippen LogP contribution is -1.97. The molecule has 0 heterocycles. The molecule has 0 spiro atoms. The van der Waals surface area contributed by atoms with Crippen molar-refractivity contribution in [3.05, 3.63) is 35.9 Å². The summed E-state index contributed by atoms with van der Waals surface area (Å²) in [6.07, 6.45) is 3.10. The molecule has 0 saturated carbocycles. The van der Waals surface area contributed by atoms with Gasteiger partial charge in [0.1, 0.15) is 0 Å². The molecule has 1 aromatic carbocycles. The summed E-state index contributed by atoms with van der Waals surface area (Å²) in [6, 6.07) is 6.80. The number of sulfone groups is 1. The van der Waals surface area contributed by atoms with Crippen LogP contribution in [-0.2, 0) is 9.84 Å². The van der Waals surface area contributed by atoms with Gasteiger partial charge >= 0.3 is 0 Å². The Kier molecular flexibility index (Phi) is 3.66. The molecule has 15 heavy (non-hydrogen) atoms. The molecule has 0 saturated heterocycles. The van der Waals surface area contributed by atoms with Gasteiger partial charge in [0.05, 0.1) is 4.90 Å². The number of rotatable bonds is 3. The van der Waals surface area contributed by atoms with Crippen LogP contribution in [0.5, 0.6) is 0 Å². The Labute approximate surface area is 90.5 Å². The van der Waals surface area contributed by atoms with E-state index in [-0.39, 0.29) is 0 Å². The normalized spacial score (nSPS) is 12.9. The average Bonchev–Trinajstić information content (AvgIpc) is 2.17. The molecule has 2 N–H and O–H groups in total. The van der Waals surface area contributed by atoms with Crippen LogP contribution in [0.25, 0.3) is 5.57 Å². The summed E-state index contributed by atoms with van der Waals surface area (Å²) in [6.45, 7) is 2.43. The average molecular weight is 225 g/mol. The molecule has 0 atom stereocenters. The Bertz CT molecular complexity index is 458. The van der Waals surface area contributed by atoms with E-state index < -0.39 is 9.84 Å². The van der Waals surface area contributed by atoms with Crippen molar-refractivity contribution in [3.63, 3.8) is 0 Å². The van der Waals surface area contributed by atoms with E-state index in [1.54, 1.807) is 24.3 Å². The molecule has 0 fully saturated rings. The summed E-state index contributed by atoms with van der Waals surface area (Å²) in [5.41, 5.74) is 7.44. The van der Waals surface area contributed by atoms with E-state index in [0.717, 1.165) is 11.1 Å². The first kappa shape index (κ1) is 11.9. The first-order valence-corrected chi connectivity index (χ1v) is 6.51. The fraction of sp³-hybridized carbons (Fsp3) is 0.273. The highest BCUT2D eigenvalue weighted by atomic mass is 32.2. The molecule has 0 aliphatic rings. The van der Waals surface area contributed by atoms with Crippen LogP contribution < -0.4 is 5.73 Å². The van der Waals surface area contributed by atoms with Gasteiger partial charge < -0.3 is 5.73 Å². The molecule has 82 valence electrons. The van der Waals surface area contributed by atoms with Gasteiger partial charge in [-0.3, -0.25) is 0 Å². The second kappa shape index (κ2) is 4.59. The van der Waals surface area contributed by atoms with Gasteiger partial charge in [0.2, 0.25) is 0 Å². The van der Waals surface area contributed by atoms with E-state index in [9.17, 15) is 8.42 Å². The third-order valence-electron chi connectivity index (χ3n) is 2.16. The Morgan fingerprint density at radius 3 is 2.27 bits per heavy atom. The number of benzene rings is 1. The lowest BCUT2D eigenvalue weighted by atomic mass is 10.1. The molecular formula is C11H15NO2S. The second-order valence-electron chi connectivity index (χ2n) is 3.42. The van der Waals surface area contributed by atoms with Gasteiger partial charge in [0, 0.05) is 12.8 Å². The minimum Gasteiger partial charge on any atom is -0.327 e. The zero-order chi connectivity index (χ0) is 11.5. The van der Waals surface area contributed by atoms with Crippen molar-refractivity contribution in [2.75, 3.05) is 12.8 Å². The highest BCUT2D eigenvalue weighted by molar-refractivity contribution is 7.90. The summed E-state index contributed by atoms with van der Waals surface area (Å²) < 4.78 is 22.4. The summed E-state index contributed by atoms with van der Waals surface area (Å²) in [5, 5.41) is 0. The Hall–Kier alpha value is -1.13. The fourth-order valence-electron chi connectivity index (χ4n) is 1.26. The third-order valence-corrected chi connectivity index (χ3v) is 3.29. The highest BCUT2D eigenvalue weighted by Gasteiger charge is 2.06. The topological polar surface area (TPSA) is 60.2 Å². The Morgan fingerprint density at radius 1 is 1.33 bits per heavy atom. The van der Waals surface area contributed by atoms with Gasteiger partial charge in [0.15, 0.2) is 9.84 Å². The van der Waals surface area contributed by atoms with Gasteiger partial charge in [-0.15, -0.1) is 0 Å². The Morgan fingerprint density at radius 2 is 1.87 bits per heavy atom. The van der Waals surface area contributed by atoms with Gasteiger partial charge in [-0.1, -0.05) is 18.2 Å². The van der Waals surface area contributed by atoms with Crippen LogP contribution in [0.4, 0.5) is 0 Å². The first-order chi connectivity index (χ1) is 6.95. The zero-order valence-corrected chi connectivity index (χ0v) is 9.71. The number of nitrogens with two attached hydrogens (primary N) is 1. The van der Waals surface area contributed by atoms with Crippen LogP contribution in [0.15, 0.2) is 35.2 Å². The van der Waals surface area contributed by atoms with Crippen LogP contribution in [0, 0.1) is 0 Å². The molecule has 0 aliphatic carbocycles. The second-order valence-corrected chi connectivity index (χ2v) is 5.44. The maximum absolute atomic E-state index is 11.2. The van der Waals surface area contributed by atoms with Gasteiger partial charge in [0.25, 0.3) is 0 Å². The minimum atomic E-state index is -3.10. The molecule has 0 unspecified atom stereocenters. The van der Waals surface area contributed by atoms with Crippen LogP contribution >= 0.6 is 0 Å². The summed E-state index contributed by atoms with van der Waals surface area (Å²) in [7, 11) is -3.10. The van der Waals surface area contributed by atoms with Crippen molar-refractivity contribution in [2.45, 2.75) is 11.8 Å². The van der Waals surface area contributed by atoms with Crippen LogP contribution in [0.1, 0.15) is 12.5 Å². The molecule has 1 aromatic rings. The monoisotopic (exact) mass is 225 g/mol. The predicted molar refractivity (Wildman–Crippen MR) is 62.3 cm³/mol. The zero-order valence-electron chi connectivity index (χ0n) is 8.90. The summed E-state index contributed by atoms with van der Waals surface area (Å²) >= 11 is 0. The molecule has 0 bridgehead atoms. The molecule has 0 aliphatic heterocycles. The molecule has 4 heteroatoms. The van der Waals surface area contributed by atoms with Gasteiger partial charge in [-0.25, -0.2) is 8.42 Å². The van der Waals surface area contributed by atoms with Crippen molar-refractivity contribution in [2.24, 2.45) is 5.73 Å². The lowest BCUT2D eigenvalue weighted by molar-refractivity contribution is 0.602. The summed E-state index contributed by atoms with van der Waals surface area (Å²) in [4.78, 5) is 0.340. The summed E-state index contributed by atoms with van der Waals surface area (Å²) in [5.74, 6) is 0. The van der Waals surface area contributed by atoms with Crippen molar-refractivity contribution in [1.29, 1.82) is 0 Å². The van der Waals surface area contributed by atoms with E-state index >= 15 is 0 Å². The Balaban J connectivity index is 3.06. The molecule has 0 radical (unpaired) electrons. The van der Waals surface area contributed by atoms with Crippen molar-refractivity contribution in [3.8, 4) is 0 Å². The van der Waals surface area contributed by atoms with Crippen molar-refractivity contribution in [1.82, 2.24) is 0 Å². The molecule has 0 amide bonds. The first-order valence-electron chi connectivity index (χ1n) is 4.62. The SMILES string of the molecule is CC(=CCN)c1ccc(S(C)(=O)=O)cc1. The third kappa shape index (κ3) is 3.18. The van der Waals surface area contributed by atoms with E-state index in [0.29, 0.717) is 11.4 Å². The van der Waals surface area contributed by atoms with Crippen LogP contribution in [-0.4, -0.2) is 21.2 Å². The van der Waals surface area contributed by atoms with Crippen molar-refractivity contribution >= 4 is 15.4 Å². The van der Waals surface area contributed by atoms with Crippen molar-refractivity contribution < 1.29 is 8.42 Å². The quantitative estimate of drug-likeness (QED) is 0.847.